The van der Waals surface area contributed by atoms with E-state index >= 15 is 0 Å². The largest absolute Gasteiger partial charge is 0.325 e. The van der Waals surface area contributed by atoms with E-state index in [1.54, 1.807) is 24.3 Å². The molecule has 1 aromatic heterocycles. The maximum atomic E-state index is 11.9. The van der Waals surface area contributed by atoms with Crippen molar-refractivity contribution in [3.63, 3.8) is 0 Å². The molecule has 6 heteroatoms. The Morgan fingerprint density at radius 2 is 1.71 bits per heavy atom. The second kappa shape index (κ2) is 6.91. The third-order valence-electron chi connectivity index (χ3n) is 3.07. The van der Waals surface area contributed by atoms with Crippen molar-refractivity contribution in [2.24, 2.45) is 0 Å². The standard InChI is InChI=1S/C15H16ClN3OS/c1-9-10(2)17-15(18-11(9)3)21-8-14(20)19-13-6-4-12(16)5-7-13/h4-7H,8H2,1-3H3,(H,19,20). The molecule has 0 bridgehead atoms. The molecule has 110 valence electrons. The molecule has 0 atom stereocenters. The van der Waals surface area contributed by atoms with E-state index in [-0.39, 0.29) is 11.7 Å². The number of nitrogens with zero attached hydrogens (tertiary/aromatic N) is 2. The van der Waals surface area contributed by atoms with Crippen LogP contribution in [0.2, 0.25) is 5.02 Å². The predicted octanol–water partition coefficient (Wildman–Crippen LogP) is 3.79. The van der Waals surface area contributed by atoms with Crippen LogP contribution in [0.25, 0.3) is 0 Å². The van der Waals surface area contributed by atoms with Crippen molar-refractivity contribution in [3.8, 4) is 0 Å². The summed E-state index contributed by atoms with van der Waals surface area (Å²) in [5.41, 5.74) is 3.71. The molecule has 2 aromatic rings. The number of hydrogen-bond donors (Lipinski definition) is 1. The van der Waals surface area contributed by atoms with Gasteiger partial charge in [-0.15, -0.1) is 0 Å². The van der Waals surface area contributed by atoms with Crippen molar-refractivity contribution >= 4 is 35.0 Å². The molecule has 0 unspecified atom stereocenters. The minimum atomic E-state index is -0.0956. The number of amides is 1. The Hall–Kier alpha value is -1.59. The first-order valence-corrected chi connectivity index (χ1v) is 7.82. The quantitative estimate of drug-likeness (QED) is 0.687. The van der Waals surface area contributed by atoms with Crippen molar-refractivity contribution in [3.05, 3.63) is 46.2 Å². The molecule has 0 aliphatic carbocycles. The predicted molar refractivity (Wildman–Crippen MR) is 87.0 cm³/mol. The van der Waals surface area contributed by atoms with Crippen LogP contribution in [-0.2, 0) is 4.79 Å². The zero-order valence-electron chi connectivity index (χ0n) is 12.1. The number of anilines is 1. The van der Waals surface area contributed by atoms with Crippen LogP contribution in [0, 0.1) is 20.8 Å². The molecule has 1 amide bonds. The molecule has 1 N–H and O–H groups in total. The minimum absolute atomic E-state index is 0.0956. The van der Waals surface area contributed by atoms with E-state index in [1.165, 1.54) is 11.8 Å². The maximum absolute atomic E-state index is 11.9. The zero-order chi connectivity index (χ0) is 15.4. The molecule has 0 saturated heterocycles. The summed E-state index contributed by atoms with van der Waals surface area (Å²) in [6, 6.07) is 7.00. The highest BCUT2D eigenvalue weighted by molar-refractivity contribution is 7.99. The number of aryl methyl sites for hydroxylation is 2. The van der Waals surface area contributed by atoms with Gasteiger partial charge in [-0.3, -0.25) is 4.79 Å². The van der Waals surface area contributed by atoms with Crippen LogP contribution in [0.3, 0.4) is 0 Å². The van der Waals surface area contributed by atoms with Gasteiger partial charge in [0.05, 0.1) is 5.75 Å². The SMILES string of the molecule is Cc1nc(SCC(=O)Nc2ccc(Cl)cc2)nc(C)c1C. The third kappa shape index (κ3) is 4.44. The highest BCUT2D eigenvalue weighted by Crippen LogP contribution is 2.18. The van der Waals surface area contributed by atoms with Crippen LogP contribution in [0.1, 0.15) is 17.0 Å². The number of rotatable bonds is 4. The second-order valence-corrected chi connectivity index (χ2v) is 6.02. The number of nitrogens with one attached hydrogen (secondary N) is 1. The second-order valence-electron chi connectivity index (χ2n) is 4.65. The normalized spacial score (nSPS) is 10.5. The van der Waals surface area contributed by atoms with E-state index in [4.69, 9.17) is 11.6 Å². The van der Waals surface area contributed by atoms with E-state index in [9.17, 15) is 4.79 Å². The molecule has 1 aromatic carbocycles. The van der Waals surface area contributed by atoms with Crippen molar-refractivity contribution in [2.75, 3.05) is 11.1 Å². The average Bonchev–Trinajstić information content (AvgIpc) is 2.45. The lowest BCUT2D eigenvalue weighted by Crippen LogP contribution is -2.14. The molecule has 2 rings (SSSR count). The number of halogens is 1. The van der Waals surface area contributed by atoms with Gasteiger partial charge in [-0.2, -0.15) is 0 Å². The van der Waals surface area contributed by atoms with Crippen LogP contribution in [-0.4, -0.2) is 21.6 Å². The van der Waals surface area contributed by atoms with E-state index in [0.717, 1.165) is 22.6 Å². The smallest absolute Gasteiger partial charge is 0.234 e. The summed E-state index contributed by atoms with van der Waals surface area (Å²) < 4.78 is 0. The molecule has 0 spiro atoms. The number of carbonyl (C=O) groups excluding carboxylic acids is 1. The topological polar surface area (TPSA) is 54.9 Å². The van der Waals surface area contributed by atoms with Gasteiger partial charge >= 0.3 is 0 Å². The Morgan fingerprint density at radius 3 is 2.29 bits per heavy atom. The monoisotopic (exact) mass is 321 g/mol. The summed E-state index contributed by atoms with van der Waals surface area (Å²) in [4.78, 5) is 20.6. The van der Waals surface area contributed by atoms with Gasteiger partial charge in [-0.05, 0) is 50.6 Å². The van der Waals surface area contributed by atoms with Crippen molar-refractivity contribution < 1.29 is 4.79 Å². The Bertz CT molecular complexity index is 635. The first-order valence-electron chi connectivity index (χ1n) is 6.46. The zero-order valence-corrected chi connectivity index (χ0v) is 13.7. The average molecular weight is 322 g/mol. The highest BCUT2D eigenvalue weighted by atomic mass is 35.5. The fraction of sp³-hybridized carbons (Fsp3) is 0.267. The number of hydrogen-bond acceptors (Lipinski definition) is 4. The Labute approximate surface area is 133 Å². The Balaban J connectivity index is 1.93. The fourth-order valence-corrected chi connectivity index (χ4v) is 2.53. The van der Waals surface area contributed by atoms with Gasteiger partial charge in [0, 0.05) is 22.1 Å². The van der Waals surface area contributed by atoms with Gasteiger partial charge < -0.3 is 5.32 Å². The van der Waals surface area contributed by atoms with E-state index < -0.39 is 0 Å². The van der Waals surface area contributed by atoms with Crippen LogP contribution >= 0.6 is 23.4 Å². The molecule has 0 saturated carbocycles. The number of aromatic nitrogens is 2. The van der Waals surface area contributed by atoms with Gasteiger partial charge in [0.25, 0.3) is 0 Å². The molecule has 0 aliphatic rings. The summed E-state index contributed by atoms with van der Waals surface area (Å²) >= 11 is 7.13. The fourth-order valence-electron chi connectivity index (χ4n) is 1.67. The van der Waals surface area contributed by atoms with Crippen LogP contribution in [0.4, 0.5) is 5.69 Å². The summed E-state index contributed by atoms with van der Waals surface area (Å²) in [6.45, 7) is 5.88. The minimum Gasteiger partial charge on any atom is -0.325 e. The maximum Gasteiger partial charge on any atom is 0.234 e. The van der Waals surface area contributed by atoms with E-state index in [1.807, 2.05) is 20.8 Å². The lowest BCUT2D eigenvalue weighted by Gasteiger charge is -2.07. The summed E-state index contributed by atoms with van der Waals surface area (Å²) in [5.74, 6) is 0.173. The highest BCUT2D eigenvalue weighted by Gasteiger charge is 2.08. The molecule has 4 nitrogen and oxygen atoms in total. The van der Waals surface area contributed by atoms with Crippen molar-refractivity contribution in [2.45, 2.75) is 25.9 Å². The van der Waals surface area contributed by atoms with Crippen LogP contribution in [0.5, 0.6) is 0 Å². The Kier molecular flexibility index (Phi) is 5.20. The third-order valence-corrected chi connectivity index (χ3v) is 4.17. The molecule has 0 fully saturated rings. The molecular formula is C15H16ClN3OS. The Morgan fingerprint density at radius 1 is 1.14 bits per heavy atom. The van der Waals surface area contributed by atoms with Crippen LogP contribution in [0.15, 0.2) is 29.4 Å². The van der Waals surface area contributed by atoms with Gasteiger partial charge in [-0.25, -0.2) is 9.97 Å². The first kappa shape index (κ1) is 15.8. The van der Waals surface area contributed by atoms with Crippen molar-refractivity contribution in [1.29, 1.82) is 0 Å². The van der Waals surface area contributed by atoms with Crippen molar-refractivity contribution in [1.82, 2.24) is 9.97 Å². The van der Waals surface area contributed by atoms with Gasteiger partial charge in [0.1, 0.15) is 0 Å². The van der Waals surface area contributed by atoms with Gasteiger partial charge in [-0.1, -0.05) is 23.4 Å². The summed E-state index contributed by atoms with van der Waals surface area (Å²) in [7, 11) is 0. The first-order chi connectivity index (χ1) is 9.95. The molecule has 0 radical (unpaired) electrons. The van der Waals surface area contributed by atoms with Crippen LogP contribution < -0.4 is 5.32 Å². The molecule has 21 heavy (non-hydrogen) atoms. The summed E-state index contributed by atoms with van der Waals surface area (Å²) in [6.07, 6.45) is 0. The molecule has 0 aliphatic heterocycles. The molecule has 1 heterocycles. The van der Waals surface area contributed by atoms with E-state index in [0.29, 0.717) is 10.2 Å². The number of benzene rings is 1. The number of thioether (sulfide) groups is 1. The number of carbonyl (C=O) groups is 1. The molecular weight excluding hydrogens is 306 g/mol. The van der Waals surface area contributed by atoms with Gasteiger partial charge in [0.2, 0.25) is 5.91 Å². The summed E-state index contributed by atoms with van der Waals surface area (Å²) in [5, 5.41) is 4.07. The van der Waals surface area contributed by atoms with E-state index in [2.05, 4.69) is 15.3 Å². The lowest BCUT2D eigenvalue weighted by atomic mass is 10.2. The lowest BCUT2D eigenvalue weighted by molar-refractivity contribution is -0.113. The van der Waals surface area contributed by atoms with Gasteiger partial charge in [0.15, 0.2) is 5.16 Å².